The minimum Gasteiger partial charge on any atom is -0.320 e. The van der Waals surface area contributed by atoms with Crippen LogP contribution in [-0.2, 0) is 13.0 Å². The predicted molar refractivity (Wildman–Crippen MR) is 105 cm³/mol. The molecule has 0 spiro atoms. The normalized spacial score (nSPS) is 13.5. The molecule has 0 radical (unpaired) electrons. The SMILES string of the molecule is Cc1cc(C)cc(NC(=O)N2CCc3nc4cccc(C)n4c(=O)c3C2)c1. The molecule has 2 amide bonds. The lowest BCUT2D eigenvalue weighted by Crippen LogP contribution is -2.42. The zero-order valence-corrected chi connectivity index (χ0v) is 15.7. The molecule has 138 valence electrons. The van der Waals surface area contributed by atoms with Crippen LogP contribution in [0.25, 0.3) is 5.65 Å². The minimum atomic E-state index is -0.195. The Bertz CT molecular complexity index is 1100. The van der Waals surface area contributed by atoms with E-state index in [1.807, 2.05) is 51.1 Å². The Morgan fingerprint density at radius 1 is 1.11 bits per heavy atom. The topological polar surface area (TPSA) is 66.7 Å². The number of rotatable bonds is 1. The number of pyridine rings is 1. The lowest BCUT2D eigenvalue weighted by molar-refractivity contribution is 0.205. The van der Waals surface area contributed by atoms with Crippen molar-refractivity contribution in [2.24, 2.45) is 0 Å². The Morgan fingerprint density at radius 2 is 1.85 bits per heavy atom. The summed E-state index contributed by atoms with van der Waals surface area (Å²) in [5, 5.41) is 2.95. The van der Waals surface area contributed by atoms with E-state index in [4.69, 9.17) is 0 Å². The summed E-state index contributed by atoms with van der Waals surface area (Å²) in [6, 6.07) is 11.4. The smallest absolute Gasteiger partial charge is 0.320 e. The first-order valence-corrected chi connectivity index (χ1v) is 9.07. The van der Waals surface area contributed by atoms with Crippen LogP contribution >= 0.6 is 0 Å². The average Bonchev–Trinajstić information content (AvgIpc) is 2.60. The van der Waals surface area contributed by atoms with Gasteiger partial charge in [-0.2, -0.15) is 0 Å². The van der Waals surface area contributed by atoms with E-state index in [1.54, 1.807) is 9.30 Å². The predicted octanol–water partition coefficient (Wildman–Crippen LogP) is 3.21. The van der Waals surface area contributed by atoms with Gasteiger partial charge in [-0.15, -0.1) is 0 Å². The summed E-state index contributed by atoms with van der Waals surface area (Å²) in [5.41, 5.74) is 5.77. The van der Waals surface area contributed by atoms with Crippen LogP contribution < -0.4 is 10.9 Å². The molecule has 0 saturated carbocycles. The number of fused-ring (bicyclic) bond motifs is 2. The monoisotopic (exact) mass is 362 g/mol. The first-order valence-electron chi connectivity index (χ1n) is 9.07. The fourth-order valence-corrected chi connectivity index (χ4v) is 3.72. The van der Waals surface area contributed by atoms with Gasteiger partial charge in [-0.1, -0.05) is 12.1 Å². The molecule has 6 nitrogen and oxygen atoms in total. The molecular formula is C21H22N4O2. The number of amides is 2. The standard InChI is InChI=1S/C21H22N4O2/c1-13-9-14(2)11-16(10-13)22-21(27)24-8-7-18-17(12-24)20(26)25-15(3)5-4-6-19(25)23-18/h4-6,9-11H,7-8,12H2,1-3H3,(H,22,27). The lowest BCUT2D eigenvalue weighted by atomic mass is 10.1. The van der Waals surface area contributed by atoms with Crippen LogP contribution in [-0.4, -0.2) is 26.9 Å². The summed E-state index contributed by atoms with van der Waals surface area (Å²) in [6.45, 7) is 6.70. The van der Waals surface area contributed by atoms with Crippen LogP contribution in [0.2, 0.25) is 0 Å². The number of urea groups is 1. The zero-order chi connectivity index (χ0) is 19.1. The molecule has 1 aromatic carbocycles. The molecule has 2 aromatic heterocycles. The zero-order valence-electron chi connectivity index (χ0n) is 15.7. The number of nitrogens with one attached hydrogen (secondary N) is 1. The first-order chi connectivity index (χ1) is 12.9. The molecule has 3 aromatic rings. The fraction of sp³-hybridized carbons (Fsp3) is 0.286. The number of anilines is 1. The first kappa shape index (κ1) is 17.3. The highest BCUT2D eigenvalue weighted by atomic mass is 16.2. The largest absolute Gasteiger partial charge is 0.322 e. The fourth-order valence-electron chi connectivity index (χ4n) is 3.72. The number of nitrogens with zero attached hydrogens (tertiary/aromatic N) is 3. The summed E-state index contributed by atoms with van der Waals surface area (Å²) in [7, 11) is 0. The summed E-state index contributed by atoms with van der Waals surface area (Å²) in [6.07, 6.45) is 0.579. The minimum absolute atomic E-state index is 0.0861. The summed E-state index contributed by atoms with van der Waals surface area (Å²) in [5.74, 6) is 0. The molecule has 0 fully saturated rings. The molecular weight excluding hydrogens is 340 g/mol. The van der Waals surface area contributed by atoms with E-state index in [9.17, 15) is 9.59 Å². The van der Waals surface area contributed by atoms with Gasteiger partial charge in [-0.3, -0.25) is 9.20 Å². The van der Waals surface area contributed by atoms with Gasteiger partial charge in [-0.25, -0.2) is 9.78 Å². The van der Waals surface area contributed by atoms with Crippen molar-refractivity contribution in [2.45, 2.75) is 33.7 Å². The molecule has 4 rings (SSSR count). The highest BCUT2D eigenvalue weighted by Gasteiger charge is 2.25. The molecule has 0 bridgehead atoms. The Hall–Kier alpha value is -3.15. The Kier molecular flexibility index (Phi) is 4.18. The van der Waals surface area contributed by atoms with Crippen molar-refractivity contribution < 1.29 is 4.79 Å². The Balaban J connectivity index is 1.63. The van der Waals surface area contributed by atoms with Crippen LogP contribution in [0.3, 0.4) is 0 Å². The van der Waals surface area contributed by atoms with E-state index in [0.717, 1.165) is 28.2 Å². The van der Waals surface area contributed by atoms with Gasteiger partial charge in [0.25, 0.3) is 5.56 Å². The lowest BCUT2D eigenvalue weighted by Gasteiger charge is -2.28. The Labute approximate surface area is 157 Å². The summed E-state index contributed by atoms with van der Waals surface area (Å²) >= 11 is 0. The van der Waals surface area contributed by atoms with Gasteiger partial charge in [0, 0.05) is 24.3 Å². The quantitative estimate of drug-likeness (QED) is 0.723. The maximum Gasteiger partial charge on any atom is 0.322 e. The third-order valence-electron chi connectivity index (χ3n) is 4.95. The second-order valence-electron chi connectivity index (χ2n) is 7.18. The van der Waals surface area contributed by atoms with E-state index >= 15 is 0 Å². The van der Waals surface area contributed by atoms with Gasteiger partial charge >= 0.3 is 6.03 Å². The third kappa shape index (κ3) is 3.18. The number of carbonyl (C=O) groups is 1. The Morgan fingerprint density at radius 3 is 2.59 bits per heavy atom. The van der Waals surface area contributed by atoms with Gasteiger partial charge in [-0.05, 0) is 56.2 Å². The van der Waals surface area contributed by atoms with E-state index < -0.39 is 0 Å². The van der Waals surface area contributed by atoms with Crippen molar-refractivity contribution in [3.05, 3.63) is 74.8 Å². The van der Waals surface area contributed by atoms with E-state index in [0.29, 0.717) is 24.2 Å². The van der Waals surface area contributed by atoms with Crippen LogP contribution in [0, 0.1) is 20.8 Å². The van der Waals surface area contributed by atoms with Gasteiger partial charge in [0.2, 0.25) is 0 Å². The van der Waals surface area contributed by atoms with Crippen molar-refractivity contribution in [3.8, 4) is 0 Å². The molecule has 0 saturated heterocycles. The van der Waals surface area contributed by atoms with Gasteiger partial charge in [0.1, 0.15) is 5.65 Å². The van der Waals surface area contributed by atoms with Crippen molar-refractivity contribution in [2.75, 3.05) is 11.9 Å². The summed E-state index contributed by atoms with van der Waals surface area (Å²) in [4.78, 5) is 32.0. The third-order valence-corrected chi connectivity index (χ3v) is 4.95. The summed E-state index contributed by atoms with van der Waals surface area (Å²) < 4.78 is 1.62. The van der Waals surface area contributed by atoms with Crippen LogP contribution in [0.1, 0.15) is 28.1 Å². The number of carbonyl (C=O) groups excluding carboxylic acids is 1. The molecule has 27 heavy (non-hydrogen) atoms. The van der Waals surface area contributed by atoms with Crippen LogP contribution in [0.15, 0.2) is 41.2 Å². The van der Waals surface area contributed by atoms with Crippen LogP contribution in [0.4, 0.5) is 10.5 Å². The maximum atomic E-state index is 13.0. The molecule has 6 heteroatoms. The molecule has 1 aliphatic heterocycles. The number of hydrogen-bond acceptors (Lipinski definition) is 3. The molecule has 0 aliphatic carbocycles. The van der Waals surface area contributed by atoms with E-state index in [1.165, 1.54) is 0 Å². The van der Waals surface area contributed by atoms with Crippen molar-refractivity contribution in [1.29, 1.82) is 0 Å². The number of hydrogen-bond donors (Lipinski definition) is 1. The van der Waals surface area contributed by atoms with E-state index in [-0.39, 0.29) is 18.1 Å². The highest BCUT2D eigenvalue weighted by Crippen LogP contribution is 2.19. The van der Waals surface area contributed by atoms with Gasteiger partial charge in [0.05, 0.1) is 17.8 Å². The molecule has 3 heterocycles. The maximum absolute atomic E-state index is 13.0. The average molecular weight is 362 g/mol. The van der Waals surface area contributed by atoms with E-state index in [2.05, 4.69) is 16.4 Å². The van der Waals surface area contributed by atoms with Crippen molar-refractivity contribution in [1.82, 2.24) is 14.3 Å². The van der Waals surface area contributed by atoms with Crippen molar-refractivity contribution in [3.63, 3.8) is 0 Å². The second kappa shape index (κ2) is 6.54. The van der Waals surface area contributed by atoms with Gasteiger partial charge in [0.15, 0.2) is 0 Å². The van der Waals surface area contributed by atoms with Crippen LogP contribution in [0.5, 0.6) is 0 Å². The van der Waals surface area contributed by atoms with Gasteiger partial charge < -0.3 is 10.2 Å². The second-order valence-corrected chi connectivity index (χ2v) is 7.18. The number of benzene rings is 1. The van der Waals surface area contributed by atoms with Crippen molar-refractivity contribution >= 4 is 17.4 Å². The molecule has 0 unspecified atom stereocenters. The number of aryl methyl sites for hydroxylation is 3. The molecule has 1 aliphatic rings. The molecule has 0 atom stereocenters. The number of aromatic nitrogens is 2. The highest BCUT2D eigenvalue weighted by molar-refractivity contribution is 5.89. The molecule has 1 N–H and O–H groups in total.